The molecule has 0 amide bonds. The molecule has 0 unspecified atom stereocenters. The average molecular weight is 513 g/mol. The van der Waals surface area contributed by atoms with Gasteiger partial charge in [-0.05, 0) is 66.7 Å². The summed E-state index contributed by atoms with van der Waals surface area (Å²) < 4.78 is 0. The van der Waals surface area contributed by atoms with E-state index < -0.39 is 7.26 Å². The highest BCUT2D eigenvalue weighted by molar-refractivity contribution is 7.95. The van der Waals surface area contributed by atoms with E-state index >= 15 is 0 Å². The summed E-state index contributed by atoms with van der Waals surface area (Å²) in [6, 6.07) is 40.4. The molecule has 2 aromatic heterocycles. The van der Waals surface area contributed by atoms with Crippen molar-refractivity contribution in [3.8, 4) is 0 Å². The van der Waals surface area contributed by atoms with Crippen LogP contribution >= 0.6 is 29.9 Å². The molecule has 0 radical (unpaired) electrons. The van der Waals surface area contributed by atoms with Gasteiger partial charge in [0, 0.05) is 20.7 Å². The van der Waals surface area contributed by atoms with E-state index in [1.54, 1.807) is 23.5 Å². The summed E-state index contributed by atoms with van der Waals surface area (Å²) >= 11 is 2.98. The van der Waals surface area contributed by atoms with Gasteiger partial charge in [-0.1, -0.05) is 65.9 Å². The summed E-state index contributed by atoms with van der Waals surface area (Å²) in [5.41, 5.74) is 0. The van der Waals surface area contributed by atoms with E-state index in [1.165, 1.54) is 32.1 Å². The zero-order chi connectivity index (χ0) is 24.1. The predicted octanol–water partition coefficient (Wildman–Crippen LogP) is 7.38. The molecule has 3 aromatic carbocycles. The van der Waals surface area contributed by atoms with Crippen LogP contribution in [-0.4, -0.2) is 4.92 Å². The van der Waals surface area contributed by atoms with Crippen LogP contribution in [0.5, 0.6) is 0 Å². The van der Waals surface area contributed by atoms with E-state index in [-0.39, 0.29) is 9.92 Å². The lowest BCUT2D eigenvalue weighted by atomic mass is 10.3. The molecule has 0 spiro atoms. The Morgan fingerprint density at radius 1 is 0.629 bits per heavy atom. The Balaban J connectivity index is 1.54. The number of nitrogens with zero attached hydrogens (tertiary/aromatic N) is 1. The Morgan fingerprint density at radius 2 is 1.09 bits per heavy atom. The van der Waals surface area contributed by atoms with Gasteiger partial charge in [0.25, 0.3) is 0 Å². The van der Waals surface area contributed by atoms with Crippen molar-refractivity contribution in [1.29, 1.82) is 0 Å². The fourth-order valence-corrected chi connectivity index (χ4v) is 10.6. The maximum Gasteiger partial charge on any atom is 0.324 e. The summed E-state index contributed by atoms with van der Waals surface area (Å²) in [6.45, 7) is 0. The minimum absolute atomic E-state index is 0.166. The van der Waals surface area contributed by atoms with Crippen molar-refractivity contribution in [2.24, 2.45) is 0 Å². The largest absolute Gasteiger partial charge is 0.324 e. The van der Waals surface area contributed by atoms with Crippen molar-refractivity contribution >= 4 is 63.0 Å². The molecule has 0 atom stereocenters. The highest BCUT2D eigenvalue weighted by atomic mass is 32.1. The highest BCUT2D eigenvalue weighted by Crippen LogP contribution is 2.58. The van der Waals surface area contributed by atoms with Gasteiger partial charge >= 0.3 is 5.00 Å². The maximum atomic E-state index is 11.0. The van der Waals surface area contributed by atoms with Crippen LogP contribution in [0.2, 0.25) is 0 Å². The third-order valence-corrected chi connectivity index (χ3v) is 12.5. The van der Waals surface area contributed by atoms with Gasteiger partial charge in [0.2, 0.25) is 0 Å². The molecule has 3 nitrogen and oxygen atoms in total. The SMILES string of the molecule is O=[N+]([O-])c1ccc(/C=C/c2ccc(C[P+](c3ccccc3)(c3ccccc3)c3ccccc3)s2)s1. The summed E-state index contributed by atoms with van der Waals surface area (Å²) in [6.07, 6.45) is 4.95. The molecule has 0 saturated heterocycles. The molecule has 0 aliphatic heterocycles. The molecule has 5 aromatic rings. The third-order valence-electron chi connectivity index (χ3n) is 5.87. The zero-order valence-corrected chi connectivity index (χ0v) is 21.4. The van der Waals surface area contributed by atoms with E-state index in [9.17, 15) is 10.1 Å². The number of nitro groups is 1. The van der Waals surface area contributed by atoms with Gasteiger partial charge in [-0.3, -0.25) is 10.1 Å². The van der Waals surface area contributed by atoms with E-state index in [0.717, 1.165) is 15.9 Å². The topological polar surface area (TPSA) is 43.1 Å². The normalized spacial score (nSPS) is 11.7. The highest BCUT2D eigenvalue weighted by Gasteiger charge is 2.45. The molecule has 0 saturated carbocycles. The monoisotopic (exact) mass is 512 g/mol. The molecule has 0 fully saturated rings. The van der Waals surface area contributed by atoms with Gasteiger partial charge in [-0.25, -0.2) is 0 Å². The minimum Gasteiger partial charge on any atom is -0.258 e. The number of thiophene rings is 2. The van der Waals surface area contributed by atoms with Crippen LogP contribution in [0.15, 0.2) is 115 Å². The van der Waals surface area contributed by atoms with Gasteiger partial charge in [0.15, 0.2) is 0 Å². The second-order valence-electron chi connectivity index (χ2n) is 8.05. The lowest BCUT2D eigenvalue weighted by molar-refractivity contribution is -0.380. The molecule has 6 heteroatoms. The summed E-state index contributed by atoms with van der Waals surface area (Å²) in [5.74, 6) is 0. The molecular weight excluding hydrogens is 489 g/mol. The van der Waals surface area contributed by atoms with E-state index in [1.807, 2.05) is 6.08 Å². The van der Waals surface area contributed by atoms with Crippen LogP contribution < -0.4 is 15.9 Å². The Morgan fingerprint density at radius 3 is 1.54 bits per heavy atom. The van der Waals surface area contributed by atoms with Crippen molar-refractivity contribution in [2.75, 3.05) is 0 Å². The second kappa shape index (κ2) is 10.5. The summed E-state index contributed by atoms with van der Waals surface area (Å²) in [5, 5.41) is 15.2. The van der Waals surface area contributed by atoms with Crippen molar-refractivity contribution in [2.45, 2.75) is 6.16 Å². The van der Waals surface area contributed by atoms with E-state index in [0.29, 0.717) is 0 Å². The first-order valence-corrected chi connectivity index (χ1v) is 14.8. The number of rotatable bonds is 8. The first-order chi connectivity index (χ1) is 17.1. The summed E-state index contributed by atoms with van der Waals surface area (Å²) in [4.78, 5) is 14.0. The molecule has 0 aliphatic rings. The van der Waals surface area contributed by atoms with Crippen LogP contribution in [0.1, 0.15) is 14.6 Å². The number of hydrogen-bond acceptors (Lipinski definition) is 4. The molecule has 172 valence electrons. The maximum absolute atomic E-state index is 11.0. The molecule has 5 rings (SSSR count). The second-order valence-corrected chi connectivity index (χ2v) is 13.8. The Labute approximate surface area is 213 Å². The van der Waals surface area contributed by atoms with Crippen LogP contribution in [0, 0.1) is 10.1 Å². The molecule has 0 aliphatic carbocycles. The van der Waals surface area contributed by atoms with E-state index in [4.69, 9.17) is 0 Å². The molecule has 0 N–H and O–H groups in total. The summed E-state index contributed by atoms with van der Waals surface area (Å²) in [7, 11) is -1.93. The lowest BCUT2D eigenvalue weighted by Gasteiger charge is -2.27. The van der Waals surface area contributed by atoms with Gasteiger partial charge in [0.1, 0.15) is 29.3 Å². The number of benzene rings is 3. The van der Waals surface area contributed by atoms with Crippen LogP contribution in [-0.2, 0) is 6.16 Å². The lowest BCUT2D eigenvalue weighted by Crippen LogP contribution is -2.32. The molecule has 2 heterocycles. The minimum atomic E-state index is -1.93. The van der Waals surface area contributed by atoms with Crippen molar-refractivity contribution in [3.63, 3.8) is 0 Å². The smallest absolute Gasteiger partial charge is 0.258 e. The molecule has 35 heavy (non-hydrogen) atoms. The Kier molecular flexibility index (Phi) is 7.01. The fraction of sp³-hybridized carbons (Fsp3) is 0.0345. The van der Waals surface area contributed by atoms with Gasteiger partial charge in [-0.15, -0.1) is 11.3 Å². The quantitative estimate of drug-likeness (QED) is 0.124. The fourth-order valence-electron chi connectivity index (χ4n) is 4.27. The zero-order valence-electron chi connectivity index (χ0n) is 18.9. The van der Waals surface area contributed by atoms with E-state index in [2.05, 4.69) is 109 Å². The van der Waals surface area contributed by atoms with Gasteiger partial charge < -0.3 is 0 Å². The van der Waals surface area contributed by atoms with Crippen LogP contribution in [0.25, 0.3) is 12.2 Å². The average Bonchev–Trinajstić information content (AvgIpc) is 3.57. The van der Waals surface area contributed by atoms with Crippen molar-refractivity contribution < 1.29 is 4.92 Å². The van der Waals surface area contributed by atoms with Gasteiger partial charge in [0.05, 0.1) is 4.92 Å². The molecule has 0 bridgehead atoms. The van der Waals surface area contributed by atoms with Crippen LogP contribution in [0.3, 0.4) is 0 Å². The van der Waals surface area contributed by atoms with Crippen LogP contribution in [0.4, 0.5) is 5.00 Å². The first kappa shape index (κ1) is 23.4. The van der Waals surface area contributed by atoms with Crippen molar-refractivity contribution in [1.82, 2.24) is 0 Å². The third kappa shape index (κ3) is 5.03. The standard InChI is InChI=1S/C29H23NO2PS2/c31-30(32)29-21-20-27(35-29)17-16-26-18-19-28(34-26)22-33(23-10-4-1-5-11-23,24-12-6-2-7-13-24)25-14-8-3-9-15-25/h1-21H,22H2/q+1/b17-16+. The van der Waals surface area contributed by atoms with Gasteiger partial charge in [-0.2, -0.15) is 0 Å². The molecular formula is C29H23NO2PS2+. The Bertz CT molecular complexity index is 1350. The van der Waals surface area contributed by atoms with Crippen molar-refractivity contribution in [3.05, 3.63) is 140 Å². The Hall–Kier alpha value is -3.37. The number of hydrogen-bond donors (Lipinski definition) is 0. The predicted molar refractivity (Wildman–Crippen MR) is 153 cm³/mol. The first-order valence-electron chi connectivity index (χ1n) is 11.2.